The standard InChI is InChI=1S/C13H17NO4S/c1-9-4-6-11(7-5-9)13(16)14-12(8-15)10(2)19(3,17)18/h4-8,10,12H,1-3H3,(H,14,16). The Balaban J connectivity index is 2.85. The second-order valence-electron chi connectivity index (χ2n) is 4.54. The monoisotopic (exact) mass is 283 g/mol. The Kier molecular flexibility index (Phi) is 4.83. The number of carbonyl (C=O) groups excluding carboxylic acids is 2. The Hall–Kier alpha value is -1.69. The van der Waals surface area contributed by atoms with E-state index in [4.69, 9.17) is 0 Å². The third-order valence-electron chi connectivity index (χ3n) is 2.94. The normalized spacial score (nSPS) is 14.5. The van der Waals surface area contributed by atoms with Crippen molar-refractivity contribution >= 4 is 22.0 Å². The van der Waals surface area contributed by atoms with Crippen molar-refractivity contribution in [3.05, 3.63) is 35.4 Å². The first kappa shape index (κ1) is 15.4. The summed E-state index contributed by atoms with van der Waals surface area (Å²) in [6.07, 6.45) is 1.48. The van der Waals surface area contributed by atoms with Crippen LogP contribution in [0, 0.1) is 6.92 Å². The van der Waals surface area contributed by atoms with Gasteiger partial charge < -0.3 is 10.1 Å². The summed E-state index contributed by atoms with van der Waals surface area (Å²) in [5.74, 6) is -0.465. The molecule has 0 aromatic heterocycles. The fourth-order valence-electron chi connectivity index (χ4n) is 1.47. The maximum atomic E-state index is 11.9. The van der Waals surface area contributed by atoms with Crippen LogP contribution in [-0.4, -0.2) is 38.2 Å². The van der Waals surface area contributed by atoms with Crippen molar-refractivity contribution in [2.24, 2.45) is 0 Å². The van der Waals surface area contributed by atoms with Gasteiger partial charge >= 0.3 is 0 Å². The molecule has 2 atom stereocenters. The smallest absolute Gasteiger partial charge is 0.251 e. The van der Waals surface area contributed by atoms with Crippen molar-refractivity contribution in [2.45, 2.75) is 25.1 Å². The molecule has 0 heterocycles. The fourth-order valence-corrected chi connectivity index (χ4v) is 2.13. The Bertz CT molecular complexity index is 563. The van der Waals surface area contributed by atoms with Gasteiger partial charge in [-0.1, -0.05) is 17.7 Å². The molecule has 0 spiro atoms. The van der Waals surface area contributed by atoms with Crippen LogP contribution in [0.25, 0.3) is 0 Å². The third kappa shape index (κ3) is 4.17. The van der Waals surface area contributed by atoms with Crippen LogP contribution in [0.15, 0.2) is 24.3 Å². The molecule has 0 saturated heterocycles. The van der Waals surface area contributed by atoms with E-state index >= 15 is 0 Å². The van der Waals surface area contributed by atoms with E-state index in [1.807, 2.05) is 6.92 Å². The van der Waals surface area contributed by atoms with Gasteiger partial charge in [0.2, 0.25) is 0 Å². The minimum Gasteiger partial charge on any atom is -0.341 e. The molecule has 104 valence electrons. The minimum absolute atomic E-state index is 0.387. The molecule has 6 heteroatoms. The number of aldehydes is 1. The van der Waals surface area contributed by atoms with Crippen LogP contribution in [0.5, 0.6) is 0 Å². The SMILES string of the molecule is Cc1ccc(C(=O)NC(C=O)C(C)S(C)(=O)=O)cc1. The van der Waals surface area contributed by atoms with Gasteiger partial charge in [0.05, 0.1) is 5.25 Å². The maximum absolute atomic E-state index is 11.9. The zero-order valence-electron chi connectivity index (χ0n) is 11.1. The molecule has 2 unspecified atom stereocenters. The lowest BCUT2D eigenvalue weighted by atomic mass is 10.1. The van der Waals surface area contributed by atoms with Gasteiger partial charge in [0.15, 0.2) is 9.84 Å². The van der Waals surface area contributed by atoms with Crippen molar-refractivity contribution in [3.8, 4) is 0 Å². The summed E-state index contributed by atoms with van der Waals surface area (Å²) in [7, 11) is -3.39. The highest BCUT2D eigenvalue weighted by atomic mass is 32.2. The number of hydrogen-bond donors (Lipinski definition) is 1. The van der Waals surface area contributed by atoms with Gasteiger partial charge in [-0.25, -0.2) is 8.42 Å². The van der Waals surface area contributed by atoms with E-state index in [0.717, 1.165) is 11.8 Å². The molecule has 1 aromatic carbocycles. The van der Waals surface area contributed by atoms with Crippen LogP contribution in [0.1, 0.15) is 22.8 Å². The zero-order valence-corrected chi connectivity index (χ0v) is 11.9. The summed E-state index contributed by atoms with van der Waals surface area (Å²) in [6, 6.07) is 5.73. The summed E-state index contributed by atoms with van der Waals surface area (Å²) >= 11 is 0. The third-order valence-corrected chi connectivity index (χ3v) is 4.58. The van der Waals surface area contributed by atoms with Crippen molar-refractivity contribution in [1.82, 2.24) is 5.32 Å². The van der Waals surface area contributed by atoms with E-state index < -0.39 is 27.0 Å². The van der Waals surface area contributed by atoms with Gasteiger partial charge in [0.1, 0.15) is 12.3 Å². The van der Waals surface area contributed by atoms with Gasteiger partial charge in [0, 0.05) is 11.8 Å². The molecule has 1 rings (SSSR count). The quantitative estimate of drug-likeness (QED) is 0.808. The Morgan fingerprint density at radius 1 is 1.26 bits per heavy atom. The number of nitrogens with one attached hydrogen (secondary N) is 1. The number of amides is 1. The molecule has 0 bridgehead atoms. The van der Waals surface area contributed by atoms with Gasteiger partial charge in [-0.15, -0.1) is 0 Å². The molecule has 0 aliphatic carbocycles. The van der Waals surface area contributed by atoms with Crippen LogP contribution < -0.4 is 5.32 Å². The van der Waals surface area contributed by atoms with Crippen molar-refractivity contribution in [3.63, 3.8) is 0 Å². The largest absolute Gasteiger partial charge is 0.341 e. The van der Waals surface area contributed by atoms with Crippen molar-refractivity contribution in [2.75, 3.05) is 6.26 Å². The number of benzene rings is 1. The highest BCUT2D eigenvalue weighted by Gasteiger charge is 2.27. The molecule has 19 heavy (non-hydrogen) atoms. The van der Waals surface area contributed by atoms with Gasteiger partial charge in [-0.3, -0.25) is 4.79 Å². The number of sulfone groups is 1. The first-order valence-corrected chi connectivity index (χ1v) is 7.73. The number of aryl methyl sites for hydroxylation is 1. The summed E-state index contributed by atoms with van der Waals surface area (Å²) in [5, 5.41) is 1.46. The average Bonchev–Trinajstić information content (AvgIpc) is 2.34. The van der Waals surface area contributed by atoms with E-state index in [0.29, 0.717) is 11.8 Å². The second-order valence-corrected chi connectivity index (χ2v) is 6.94. The minimum atomic E-state index is -3.39. The maximum Gasteiger partial charge on any atom is 0.251 e. The van der Waals surface area contributed by atoms with Crippen LogP contribution in [0.3, 0.4) is 0 Å². The lowest BCUT2D eigenvalue weighted by Gasteiger charge is -2.18. The first-order chi connectivity index (χ1) is 8.75. The van der Waals surface area contributed by atoms with E-state index in [1.165, 1.54) is 6.92 Å². The van der Waals surface area contributed by atoms with Crippen LogP contribution >= 0.6 is 0 Å². The van der Waals surface area contributed by atoms with E-state index in [-0.39, 0.29) is 0 Å². The van der Waals surface area contributed by atoms with Gasteiger partial charge in [-0.05, 0) is 26.0 Å². The summed E-state index contributed by atoms with van der Waals surface area (Å²) in [4.78, 5) is 22.8. The highest BCUT2D eigenvalue weighted by molar-refractivity contribution is 7.91. The molecular weight excluding hydrogens is 266 g/mol. The van der Waals surface area contributed by atoms with Gasteiger partial charge in [0.25, 0.3) is 5.91 Å². The van der Waals surface area contributed by atoms with Crippen LogP contribution in [0.2, 0.25) is 0 Å². The number of carbonyl (C=O) groups is 2. The number of hydrogen-bond acceptors (Lipinski definition) is 4. The molecule has 1 aromatic rings. The van der Waals surface area contributed by atoms with Crippen molar-refractivity contribution in [1.29, 1.82) is 0 Å². The molecule has 5 nitrogen and oxygen atoms in total. The van der Waals surface area contributed by atoms with Gasteiger partial charge in [-0.2, -0.15) is 0 Å². The zero-order chi connectivity index (χ0) is 14.6. The van der Waals surface area contributed by atoms with E-state index in [9.17, 15) is 18.0 Å². The second kappa shape index (κ2) is 5.97. The lowest BCUT2D eigenvalue weighted by molar-refractivity contribution is -0.109. The topological polar surface area (TPSA) is 80.3 Å². The molecular formula is C13H17NO4S. The predicted octanol–water partition coefficient (Wildman–Crippen LogP) is 0.725. The Morgan fingerprint density at radius 3 is 2.21 bits per heavy atom. The van der Waals surface area contributed by atoms with Crippen LogP contribution in [0.4, 0.5) is 0 Å². The fraction of sp³-hybridized carbons (Fsp3) is 0.385. The Labute approximate surface area is 112 Å². The molecule has 1 amide bonds. The molecule has 0 aliphatic heterocycles. The summed E-state index contributed by atoms with van der Waals surface area (Å²) in [5.41, 5.74) is 1.39. The average molecular weight is 283 g/mol. The Morgan fingerprint density at radius 2 is 1.79 bits per heavy atom. The predicted molar refractivity (Wildman–Crippen MR) is 72.8 cm³/mol. The lowest BCUT2D eigenvalue weighted by Crippen LogP contribution is -2.46. The van der Waals surface area contributed by atoms with Crippen molar-refractivity contribution < 1.29 is 18.0 Å². The van der Waals surface area contributed by atoms with Crippen LogP contribution in [-0.2, 0) is 14.6 Å². The number of rotatable bonds is 5. The molecule has 0 radical (unpaired) electrons. The molecule has 0 aliphatic rings. The molecule has 1 N–H and O–H groups in total. The molecule has 0 fully saturated rings. The van der Waals surface area contributed by atoms with E-state index in [2.05, 4.69) is 5.32 Å². The molecule has 0 saturated carbocycles. The summed E-state index contributed by atoms with van der Waals surface area (Å²) < 4.78 is 22.8. The highest BCUT2D eigenvalue weighted by Crippen LogP contribution is 2.06. The first-order valence-electron chi connectivity index (χ1n) is 5.77. The van der Waals surface area contributed by atoms with E-state index in [1.54, 1.807) is 24.3 Å². The summed E-state index contributed by atoms with van der Waals surface area (Å²) in [6.45, 7) is 3.28.